The Balaban J connectivity index is 1.48. The van der Waals surface area contributed by atoms with E-state index in [0.29, 0.717) is 17.3 Å². The molecule has 5 atom stereocenters. The van der Waals surface area contributed by atoms with Gasteiger partial charge < -0.3 is 28.4 Å². The Labute approximate surface area is 168 Å². The summed E-state index contributed by atoms with van der Waals surface area (Å²) in [6, 6.07) is 6.72. The van der Waals surface area contributed by atoms with Crippen molar-refractivity contribution in [2.75, 3.05) is 11.9 Å². The number of carbonyl (C=O) groups is 1. The molecule has 1 N–H and O–H groups in total. The van der Waals surface area contributed by atoms with Crippen molar-refractivity contribution in [2.24, 2.45) is 0 Å². The highest BCUT2D eigenvalue weighted by molar-refractivity contribution is 6.30. The van der Waals surface area contributed by atoms with Crippen molar-refractivity contribution in [2.45, 2.75) is 70.0 Å². The highest BCUT2D eigenvalue weighted by Crippen LogP contribution is 2.42. The molecule has 0 saturated carbocycles. The molecule has 0 bridgehead atoms. The van der Waals surface area contributed by atoms with Crippen LogP contribution in [0.3, 0.4) is 0 Å². The fourth-order valence-electron chi connectivity index (χ4n) is 3.62. The molecule has 3 aliphatic rings. The third kappa shape index (κ3) is 4.12. The SMILES string of the molecule is CC1(C)O[C@H]2O[C@H]([C@H]3COC(C)(C)O3)[C@H](OC(=O)Nc3ccc(Cl)cc3)[C@H]2O1. The van der Waals surface area contributed by atoms with Crippen molar-refractivity contribution in [1.82, 2.24) is 0 Å². The zero-order valence-electron chi connectivity index (χ0n) is 16.1. The van der Waals surface area contributed by atoms with Gasteiger partial charge in [-0.1, -0.05) is 11.6 Å². The van der Waals surface area contributed by atoms with Gasteiger partial charge in [-0.2, -0.15) is 0 Å². The van der Waals surface area contributed by atoms with E-state index in [1.807, 2.05) is 13.8 Å². The zero-order chi connectivity index (χ0) is 20.1. The Morgan fingerprint density at radius 1 is 1.07 bits per heavy atom. The molecule has 1 aromatic carbocycles. The molecular formula is C19H24ClNO7. The van der Waals surface area contributed by atoms with Gasteiger partial charge in [-0.05, 0) is 52.0 Å². The lowest BCUT2D eigenvalue weighted by Gasteiger charge is -2.28. The molecule has 28 heavy (non-hydrogen) atoms. The van der Waals surface area contributed by atoms with Gasteiger partial charge in [0.2, 0.25) is 0 Å². The van der Waals surface area contributed by atoms with E-state index in [-0.39, 0.29) is 0 Å². The topological polar surface area (TPSA) is 84.5 Å². The summed E-state index contributed by atoms with van der Waals surface area (Å²) < 4.78 is 35.0. The number of hydrogen-bond acceptors (Lipinski definition) is 7. The van der Waals surface area contributed by atoms with Crippen molar-refractivity contribution in [3.8, 4) is 0 Å². The van der Waals surface area contributed by atoms with Crippen LogP contribution < -0.4 is 5.32 Å². The van der Waals surface area contributed by atoms with Gasteiger partial charge >= 0.3 is 6.09 Å². The molecule has 0 unspecified atom stereocenters. The fourth-order valence-corrected chi connectivity index (χ4v) is 3.74. The molecule has 0 aromatic heterocycles. The molecule has 4 rings (SSSR count). The van der Waals surface area contributed by atoms with Gasteiger partial charge in [0, 0.05) is 10.7 Å². The van der Waals surface area contributed by atoms with E-state index in [2.05, 4.69) is 5.32 Å². The van der Waals surface area contributed by atoms with E-state index in [4.69, 9.17) is 40.0 Å². The number of halogens is 1. The first kappa shape index (κ1) is 19.9. The summed E-state index contributed by atoms with van der Waals surface area (Å²) in [5.74, 6) is -1.57. The van der Waals surface area contributed by atoms with E-state index in [1.165, 1.54) is 0 Å². The van der Waals surface area contributed by atoms with E-state index >= 15 is 0 Å². The van der Waals surface area contributed by atoms with Crippen LogP contribution in [-0.2, 0) is 28.4 Å². The van der Waals surface area contributed by atoms with Crippen molar-refractivity contribution in [3.63, 3.8) is 0 Å². The summed E-state index contributed by atoms with van der Waals surface area (Å²) in [7, 11) is 0. The summed E-state index contributed by atoms with van der Waals surface area (Å²) in [6.07, 6.45) is -3.56. The highest BCUT2D eigenvalue weighted by atomic mass is 35.5. The van der Waals surface area contributed by atoms with E-state index in [0.717, 1.165) is 0 Å². The van der Waals surface area contributed by atoms with E-state index in [9.17, 15) is 4.79 Å². The molecule has 154 valence electrons. The molecule has 9 heteroatoms. The lowest BCUT2D eigenvalue weighted by Crippen LogP contribution is -2.45. The molecule has 3 saturated heterocycles. The quantitative estimate of drug-likeness (QED) is 0.813. The largest absolute Gasteiger partial charge is 0.440 e. The molecule has 1 aromatic rings. The van der Waals surface area contributed by atoms with Gasteiger partial charge in [0.1, 0.15) is 12.2 Å². The minimum Gasteiger partial charge on any atom is -0.440 e. The number of nitrogens with one attached hydrogen (secondary N) is 1. The number of amides is 1. The summed E-state index contributed by atoms with van der Waals surface area (Å²) >= 11 is 5.87. The summed E-state index contributed by atoms with van der Waals surface area (Å²) in [4.78, 5) is 12.5. The molecule has 0 aliphatic carbocycles. The number of fused-ring (bicyclic) bond motifs is 1. The smallest absolute Gasteiger partial charge is 0.412 e. The van der Waals surface area contributed by atoms with Crippen LogP contribution in [0.5, 0.6) is 0 Å². The minimum atomic E-state index is -0.832. The van der Waals surface area contributed by atoms with Gasteiger partial charge in [0.15, 0.2) is 30.1 Å². The number of ether oxygens (including phenoxy) is 6. The summed E-state index contributed by atoms with van der Waals surface area (Å²) in [6.45, 7) is 7.53. The predicted molar refractivity (Wildman–Crippen MR) is 98.9 cm³/mol. The number of hydrogen-bond donors (Lipinski definition) is 1. The van der Waals surface area contributed by atoms with Crippen LogP contribution >= 0.6 is 11.6 Å². The first-order chi connectivity index (χ1) is 13.1. The third-order valence-electron chi connectivity index (χ3n) is 4.76. The molecule has 1 amide bonds. The summed E-state index contributed by atoms with van der Waals surface area (Å²) in [5, 5.41) is 3.26. The first-order valence-electron chi connectivity index (χ1n) is 9.18. The lowest BCUT2D eigenvalue weighted by atomic mass is 10.1. The number of carbonyl (C=O) groups excluding carboxylic acids is 1. The number of anilines is 1. The average Bonchev–Trinajstić information content (AvgIpc) is 3.20. The van der Waals surface area contributed by atoms with Gasteiger partial charge in [-0.15, -0.1) is 0 Å². The molecule has 3 fully saturated rings. The van der Waals surface area contributed by atoms with Crippen LogP contribution in [0, 0.1) is 0 Å². The Morgan fingerprint density at radius 3 is 2.43 bits per heavy atom. The molecule has 3 aliphatic heterocycles. The van der Waals surface area contributed by atoms with Crippen LogP contribution in [-0.4, -0.2) is 55.0 Å². The second-order valence-electron chi connectivity index (χ2n) is 7.94. The first-order valence-corrected chi connectivity index (χ1v) is 9.56. The van der Waals surface area contributed by atoms with Crippen LogP contribution in [0.4, 0.5) is 10.5 Å². The maximum Gasteiger partial charge on any atom is 0.412 e. The van der Waals surface area contributed by atoms with Crippen molar-refractivity contribution in [1.29, 1.82) is 0 Å². The molecular weight excluding hydrogens is 390 g/mol. The van der Waals surface area contributed by atoms with Gasteiger partial charge in [-0.3, -0.25) is 5.32 Å². The predicted octanol–water partition coefficient (Wildman–Crippen LogP) is 3.29. The van der Waals surface area contributed by atoms with Gasteiger partial charge in [-0.25, -0.2) is 4.79 Å². The zero-order valence-corrected chi connectivity index (χ0v) is 16.9. The average molecular weight is 414 g/mol. The number of rotatable bonds is 3. The van der Waals surface area contributed by atoms with Gasteiger partial charge in [0.05, 0.1) is 6.61 Å². The van der Waals surface area contributed by atoms with Crippen LogP contribution in [0.1, 0.15) is 27.7 Å². The Morgan fingerprint density at radius 2 is 1.79 bits per heavy atom. The van der Waals surface area contributed by atoms with Crippen molar-refractivity contribution in [3.05, 3.63) is 29.3 Å². The maximum absolute atomic E-state index is 12.5. The second-order valence-corrected chi connectivity index (χ2v) is 8.37. The van der Waals surface area contributed by atoms with Gasteiger partial charge in [0.25, 0.3) is 0 Å². The molecule has 0 radical (unpaired) electrons. The van der Waals surface area contributed by atoms with Crippen LogP contribution in [0.15, 0.2) is 24.3 Å². The van der Waals surface area contributed by atoms with Crippen molar-refractivity contribution < 1.29 is 33.2 Å². The monoisotopic (exact) mass is 413 g/mol. The Bertz CT molecular complexity index is 738. The molecule has 0 spiro atoms. The van der Waals surface area contributed by atoms with Crippen molar-refractivity contribution >= 4 is 23.4 Å². The standard InChI is InChI=1S/C19H24ClNO7/c1-18(2)23-9-12(26-18)13-14(15-16(24-13)28-19(3,4)27-15)25-17(22)21-11-7-5-10(20)6-8-11/h5-8,12-16H,9H2,1-4H3,(H,21,22)/t12-,13-,14+,15-,16-/m1/s1. The number of benzene rings is 1. The maximum atomic E-state index is 12.5. The van der Waals surface area contributed by atoms with E-state index in [1.54, 1.807) is 38.1 Å². The second kappa shape index (κ2) is 7.12. The molecule has 8 nitrogen and oxygen atoms in total. The lowest BCUT2D eigenvalue weighted by molar-refractivity contribution is -0.231. The summed E-state index contributed by atoms with van der Waals surface area (Å²) in [5.41, 5.74) is 0.562. The van der Waals surface area contributed by atoms with Crippen LogP contribution in [0.25, 0.3) is 0 Å². The Kier molecular flexibility index (Phi) is 5.06. The molecule has 3 heterocycles. The van der Waals surface area contributed by atoms with E-state index < -0.39 is 48.4 Å². The Hall–Kier alpha value is -1.42. The highest BCUT2D eigenvalue weighted by Gasteiger charge is 2.60. The van der Waals surface area contributed by atoms with Crippen LogP contribution in [0.2, 0.25) is 5.02 Å². The minimum absolute atomic E-state index is 0.319. The third-order valence-corrected chi connectivity index (χ3v) is 5.01. The fraction of sp³-hybridized carbons (Fsp3) is 0.632. The normalized spacial score (nSPS) is 35.5.